The first-order valence-electron chi connectivity index (χ1n) is 4.48. The molecule has 0 aliphatic heterocycles. The smallest absolute Gasteiger partial charge is 0.0664 e. The van der Waals surface area contributed by atoms with E-state index in [2.05, 4.69) is 11.7 Å². The lowest BCUT2D eigenvalue weighted by Crippen LogP contribution is -1.97. The van der Waals surface area contributed by atoms with Crippen molar-refractivity contribution >= 4 is 5.57 Å². The van der Waals surface area contributed by atoms with Crippen LogP contribution in [-0.2, 0) is 13.5 Å². The molecule has 0 amide bonds. The molecule has 0 fully saturated rings. The van der Waals surface area contributed by atoms with Crippen molar-refractivity contribution in [1.82, 2.24) is 9.78 Å². The van der Waals surface area contributed by atoms with Crippen molar-refractivity contribution in [2.24, 2.45) is 7.05 Å². The van der Waals surface area contributed by atoms with E-state index in [4.69, 9.17) is 0 Å². The first-order chi connectivity index (χ1) is 5.79. The highest BCUT2D eigenvalue weighted by molar-refractivity contribution is 5.63. The van der Waals surface area contributed by atoms with Crippen molar-refractivity contribution in [2.75, 3.05) is 0 Å². The minimum atomic E-state index is 1.13. The summed E-state index contributed by atoms with van der Waals surface area (Å²) in [7, 11) is 2.00. The van der Waals surface area contributed by atoms with Crippen molar-refractivity contribution in [1.29, 1.82) is 0 Å². The molecular formula is C10H14N2. The summed E-state index contributed by atoms with van der Waals surface area (Å²) in [6.07, 6.45) is 6.83. The lowest BCUT2D eigenvalue weighted by molar-refractivity contribution is 0.746. The molecule has 64 valence electrons. The van der Waals surface area contributed by atoms with E-state index in [0.29, 0.717) is 0 Å². The van der Waals surface area contributed by atoms with Gasteiger partial charge in [-0.2, -0.15) is 5.10 Å². The van der Waals surface area contributed by atoms with Crippen molar-refractivity contribution in [3.63, 3.8) is 0 Å². The number of fused-ring (bicyclic) bond motifs is 1. The van der Waals surface area contributed by atoms with Crippen LogP contribution in [0, 0.1) is 0 Å². The predicted octanol–water partition coefficient (Wildman–Crippen LogP) is 2.16. The van der Waals surface area contributed by atoms with Gasteiger partial charge in [0.1, 0.15) is 0 Å². The molecule has 0 saturated carbocycles. The van der Waals surface area contributed by atoms with Crippen LogP contribution in [0.25, 0.3) is 5.57 Å². The van der Waals surface area contributed by atoms with Crippen molar-refractivity contribution in [2.45, 2.75) is 25.7 Å². The topological polar surface area (TPSA) is 17.8 Å². The molecule has 1 aromatic rings. The fourth-order valence-corrected chi connectivity index (χ4v) is 1.89. The number of hydrogen-bond acceptors (Lipinski definition) is 1. The molecule has 0 unspecified atom stereocenters. The van der Waals surface area contributed by atoms with Crippen LogP contribution in [0.5, 0.6) is 0 Å². The number of allylic oxidation sites excluding steroid dienone is 1. The molecule has 0 spiro atoms. The molecule has 2 heteroatoms. The van der Waals surface area contributed by atoms with E-state index in [0.717, 1.165) is 6.42 Å². The Morgan fingerprint density at radius 2 is 2.17 bits per heavy atom. The first kappa shape index (κ1) is 7.59. The molecule has 1 heterocycles. The maximum absolute atomic E-state index is 4.25. The molecule has 1 aliphatic rings. The van der Waals surface area contributed by atoms with Gasteiger partial charge in [-0.15, -0.1) is 0 Å². The highest BCUT2D eigenvalue weighted by Gasteiger charge is 2.14. The van der Waals surface area contributed by atoms with Crippen LogP contribution in [0.1, 0.15) is 30.5 Å². The zero-order valence-corrected chi connectivity index (χ0v) is 7.51. The minimum absolute atomic E-state index is 1.13. The normalized spacial score (nSPS) is 17.2. The Morgan fingerprint density at radius 3 is 3.00 bits per heavy atom. The third kappa shape index (κ3) is 1.07. The number of hydrogen-bond donors (Lipinski definition) is 0. The Kier molecular flexibility index (Phi) is 1.75. The van der Waals surface area contributed by atoms with Gasteiger partial charge >= 0.3 is 0 Å². The lowest BCUT2D eigenvalue weighted by atomic mass is 10.1. The number of aryl methyl sites for hydroxylation is 2. The van der Waals surface area contributed by atoms with Gasteiger partial charge in [-0.25, -0.2) is 0 Å². The zero-order valence-electron chi connectivity index (χ0n) is 7.51. The summed E-state index contributed by atoms with van der Waals surface area (Å²) >= 11 is 0. The standard InChI is InChI=1S/C10H14N2/c1-8-5-3-4-6-9-7-11-12(2)10(8)9/h7H,1,3-6H2,2H3. The van der Waals surface area contributed by atoms with E-state index in [1.54, 1.807) is 0 Å². The van der Waals surface area contributed by atoms with Gasteiger partial charge in [0.25, 0.3) is 0 Å². The second-order valence-corrected chi connectivity index (χ2v) is 3.45. The van der Waals surface area contributed by atoms with Gasteiger partial charge < -0.3 is 0 Å². The fourth-order valence-electron chi connectivity index (χ4n) is 1.89. The molecule has 12 heavy (non-hydrogen) atoms. The van der Waals surface area contributed by atoms with Crippen LogP contribution < -0.4 is 0 Å². The molecule has 0 radical (unpaired) electrons. The summed E-state index contributed by atoms with van der Waals surface area (Å²) in [5, 5.41) is 4.25. The van der Waals surface area contributed by atoms with Gasteiger partial charge in [-0.3, -0.25) is 4.68 Å². The summed E-state index contributed by atoms with van der Waals surface area (Å²) in [6, 6.07) is 0. The molecule has 0 aromatic carbocycles. The summed E-state index contributed by atoms with van der Waals surface area (Å²) in [4.78, 5) is 0. The summed E-state index contributed by atoms with van der Waals surface area (Å²) in [5.41, 5.74) is 3.90. The van der Waals surface area contributed by atoms with Gasteiger partial charge in [-0.1, -0.05) is 6.58 Å². The fraction of sp³-hybridized carbons (Fsp3) is 0.500. The summed E-state index contributed by atoms with van der Waals surface area (Å²) < 4.78 is 1.95. The maximum atomic E-state index is 4.25. The average Bonchev–Trinajstić information content (AvgIpc) is 2.29. The lowest BCUT2D eigenvalue weighted by Gasteiger charge is -2.03. The monoisotopic (exact) mass is 162 g/mol. The Morgan fingerprint density at radius 1 is 1.42 bits per heavy atom. The Bertz CT molecular complexity index is 310. The van der Waals surface area contributed by atoms with Gasteiger partial charge in [0.15, 0.2) is 0 Å². The van der Waals surface area contributed by atoms with Crippen LogP contribution in [-0.4, -0.2) is 9.78 Å². The highest BCUT2D eigenvalue weighted by Crippen LogP contribution is 2.27. The van der Waals surface area contributed by atoms with Gasteiger partial charge in [0, 0.05) is 7.05 Å². The van der Waals surface area contributed by atoms with Gasteiger partial charge in [-0.05, 0) is 36.8 Å². The van der Waals surface area contributed by atoms with E-state index < -0.39 is 0 Å². The molecule has 1 aliphatic carbocycles. The molecular weight excluding hydrogens is 148 g/mol. The third-order valence-electron chi connectivity index (χ3n) is 2.52. The highest BCUT2D eigenvalue weighted by atomic mass is 15.3. The van der Waals surface area contributed by atoms with E-state index >= 15 is 0 Å². The largest absolute Gasteiger partial charge is 0.268 e. The second kappa shape index (κ2) is 2.77. The maximum Gasteiger partial charge on any atom is 0.0664 e. The Balaban J connectivity index is 2.49. The first-order valence-corrected chi connectivity index (χ1v) is 4.48. The number of aromatic nitrogens is 2. The molecule has 2 nitrogen and oxygen atoms in total. The van der Waals surface area contributed by atoms with Crippen LogP contribution >= 0.6 is 0 Å². The molecule has 1 aromatic heterocycles. The Hall–Kier alpha value is -1.05. The van der Waals surface area contributed by atoms with Crippen molar-refractivity contribution in [3.8, 4) is 0 Å². The quantitative estimate of drug-likeness (QED) is 0.534. The number of rotatable bonds is 0. The minimum Gasteiger partial charge on any atom is -0.268 e. The van der Waals surface area contributed by atoms with E-state index in [9.17, 15) is 0 Å². The average molecular weight is 162 g/mol. The van der Waals surface area contributed by atoms with Crippen LogP contribution in [0.3, 0.4) is 0 Å². The Labute approximate surface area is 72.9 Å². The van der Waals surface area contributed by atoms with Gasteiger partial charge in [0.05, 0.1) is 11.9 Å². The summed E-state index contributed by atoms with van der Waals surface area (Å²) in [6.45, 7) is 4.09. The molecule has 2 rings (SSSR count). The van der Waals surface area contributed by atoms with E-state index in [-0.39, 0.29) is 0 Å². The van der Waals surface area contributed by atoms with Crippen LogP contribution in [0.4, 0.5) is 0 Å². The van der Waals surface area contributed by atoms with Crippen LogP contribution in [0.2, 0.25) is 0 Å². The zero-order chi connectivity index (χ0) is 8.55. The molecule has 0 bridgehead atoms. The molecule has 0 N–H and O–H groups in total. The van der Waals surface area contributed by atoms with Crippen LogP contribution in [0.15, 0.2) is 12.8 Å². The molecule has 0 atom stereocenters. The summed E-state index contributed by atoms with van der Waals surface area (Å²) in [5.74, 6) is 0. The second-order valence-electron chi connectivity index (χ2n) is 3.45. The SMILES string of the molecule is C=C1CCCCc2cnn(C)c21. The van der Waals surface area contributed by atoms with Crippen molar-refractivity contribution < 1.29 is 0 Å². The number of nitrogens with zero attached hydrogens (tertiary/aromatic N) is 2. The predicted molar refractivity (Wildman–Crippen MR) is 49.8 cm³/mol. The molecule has 0 saturated heterocycles. The van der Waals surface area contributed by atoms with Gasteiger partial charge in [0.2, 0.25) is 0 Å². The van der Waals surface area contributed by atoms with E-state index in [1.165, 1.54) is 36.1 Å². The third-order valence-corrected chi connectivity index (χ3v) is 2.52. The van der Waals surface area contributed by atoms with Crippen molar-refractivity contribution in [3.05, 3.63) is 24.0 Å². The van der Waals surface area contributed by atoms with E-state index in [1.807, 2.05) is 17.9 Å².